The Morgan fingerprint density at radius 3 is 1.71 bits per heavy atom. The lowest BCUT2D eigenvalue weighted by Crippen LogP contribution is -2.07. The first-order valence-corrected chi connectivity index (χ1v) is 8.01. The molecule has 0 N–H and O–H groups in total. The van der Waals surface area contributed by atoms with Crippen LogP contribution < -0.4 is 0 Å². The zero-order valence-electron chi connectivity index (χ0n) is 12.6. The van der Waals surface area contributed by atoms with Crippen molar-refractivity contribution in [2.45, 2.75) is 91.4 Å². The van der Waals surface area contributed by atoms with Crippen molar-refractivity contribution in [2.24, 2.45) is 11.8 Å². The molecule has 1 radical (unpaired) electrons. The maximum Gasteiger partial charge on any atom is -0.0417 e. The first kappa shape index (κ1) is 17.0. The Morgan fingerprint density at radius 2 is 1.18 bits per heavy atom. The largest absolute Gasteiger partial charge is 0.0654 e. The number of rotatable bonds is 12. The second-order valence-corrected chi connectivity index (χ2v) is 5.86. The van der Waals surface area contributed by atoms with Gasteiger partial charge in [-0.05, 0) is 11.8 Å². The quantitative estimate of drug-likeness (QED) is 0.345. The molecule has 0 amide bonds. The molecule has 17 heavy (non-hydrogen) atoms. The maximum atomic E-state index is 3.95. The lowest BCUT2D eigenvalue weighted by atomic mass is 9.87. The Morgan fingerprint density at radius 1 is 0.706 bits per heavy atom. The van der Waals surface area contributed by atoms with Crippen molar-refractivity contribution in [3.05, 3.63) is 6.92 Å². The third kappa shape index (κ3) is 10.9. The van der Waals surface area contributed by atoms with Gasteiger partial charge in [0.05, 0.1) is 0 Å². The van der Waals surface area contributed by atoms with E-state index in [1.807, 2.05) is 0 Å². The van der Waals surface area contributed by atoms with Crippen LogP contribution >= 0.6 is 0 Å². The highest BCUT2D eigenvalue weighted by Gasteiger charge is 2.10. The second-order valence-electron chi connectivity index (χ2n) is 5.86. The number of hydrogen-bond donors (Lipinski definition) is 0. The Kier molecular flexibility index (Phi) is 12.5. The minimum atomic E-state index is 0.872. The molecule has 0 bridgehead atoms. The summed E-state index contributed by atoms with van der Waals surface area (Å²) in [5.41, 5.74) is 0. The van der Waals surface area contributed by atoms with Crippen LogP contribution in [0.1, 0.15) is 91.4 Å². The van der Waals surface area contributed by atoms with E-state index in [2.05, 4.69) is 27.7 Å². The van der Waals surface area contributed by atoms with Crippen molar-refractivity contribution in [3.63, 3.8) is 0 Å². The first-order chi connectivity index (χ1) is 8.22. The minimum absolute atomic E-state index is 0.872. The van der Waals surface area contributed by atoms with E-state index in [0.717, 1.165) is 18.3 Å². The summed E-state index contributed by atoms with van der Waals surface area (Å²) in [4.78, 5) is 0. The molecule has 0 saturated heterocycles. The molecule has 2 unspecified atom stereocenters. The fourth-order valence-corrected chi connectivity index (χ4v) is 2.49. The van der Waals surface area contributed by atoms with E-state index < -0.39 is 0 Å². The summed E-state index contributed by atoms with van der Waals surface area (Å²) in [6.07, 6.45) is 15.3. The Bertz CT molecular complexity index is 139. The van der Waals surface area contributed by atoms with E-state index in [9.17, 15) is 0 Å². The number of unbranched alkanes of at least 4 members (excludes halogenated alkanes) is 7. The molecule has 103 valence electrons. The van der Waals surface area contributed by atoms with Crippen LogP contribution in [0.2, 0.25) is 0 Å². The maximum absolute atomic E-state index is 3.95. The Labute approximate surface area is 111 Å². The van der Waals surface area contributed by atoms with Crippen molar-refractivity contribution in [3.8, 4) is 0 Å². The molecule has 0 heterocycles. The summed E-state index contributed by atoms with van der Waals surface area (Å²) < 4.78 is 0. The standard InChI is InChI=1S/C17H35/c1-5-7-8-9-10-11-12-13-15-17(4)16(3)14-6-2/h16-17H,2,5-15H2,1,3-4H3. The van der Waals surface area contributed by atoms with Crippen molar-refractivity contribution in [1.82, 2.24) is 0 Å². The normalized spacial score (nSPS) is 14.8. The van der Waals surface area contributed by atoms with Gasteiger partial charge < -0.3 is 0 Å². The second kappa shape index (κ2) is 12.5. The van der Waals surface area contributed by atoms with E-state index in [1.165, 1.54) is 64.2 Å². The summed E-state index contributed by atoms with van der Waals surface area (Å²) in [5.74, 6) is 1.77. The molecule has 0 saturated carbocycles. The average molecular weight is 239 g/mol. The molecular formula is C17H35. The highest BCUT2D eigenvalue weighted by molar-refractivity contribution is 4.63. The van der Waals surface area contributed by atoms with Crippen LogP contribution in [0.5, 0.6) is 0 Å². The van der Waals surface area contributed by atoms with Crippen LogP contribution in [0.25, 0.3) is 0 Å². The molecular weight excluding hydrogens is 204 g/mol. The fraction of sp³-hybridized carbons (Fsp3) is 0.941. The molecule has 0 rings (SSSR count). The van der Waals surface area contributed by atoms with Gasteiger partial charge in [0.25, 0.3) is 0 Å². The van der Waals surface area contributed by atoms with Gasteiger partial charge in [-0.15, -0.1) is 0 Å². The SMILES string of the molecule is [CH2]CCC(C)C(C)CCCCCCCCCC. The monoisotopic (exact) mass is 239 g/mol. The lowest BCUT2D eigenvalue weighted by Gasteiger charge is -2.18. The molecule has 0 fully saturated rings. The van der Waals surface area contributed by atoms with Crippen molar-refractivity contribution in [1.29, 1.82) is 0 Å². The van der Waals surface area contributed by atoms with Gasteiger partial charge in [0.2, 0.25) is 0 Å². The third-order valence-electron chi connectivity index (χ3n) is 4.14. The molecule has 0 aromatic carbocycles. The van der Waals surface area contributed by atoms with Gasteiger partial charge >= 0.3 is 0 Å². The van der Waals surface area contributed by atoms with Gasteiger partial charge in [0.15, 0.2) is 0 Å². The van der Waals surface area contributed by atoms with Crippen LogP contribution in [0.4, 0.5) is 0 Å². The lowest BCUT2D eigenvalue weighted by molar-refractivity contribution is 0.333. The summed E-state index contributed by atoms with van der Waals surface area (Å²) in [7, 11) is 0. The van der Waals surface area contributed by atoms with Crippen LogP contribution in [0.3, 0.4) is 0 Å². The molecule has 0 aliphatic rings. The van der Waals surface area contributed by atoms with Gasteiger partial charge in [0, 0.05) is 0 Å². The summed E-state index contributed by atoms with van der Waals surface area (Å²) in [6, 6.07) is 0. The van der Waals surface area contributed by atoms with Crippen LogP contribution in [-0.2, 0) is 0 Å². The molecule has 0 spiro atoms. The van der Waals surface area contributed by atoms with Crippen LogP contribution in [0.15, 0.2) is 0 Å². The molecule has 0 aromatic heterocycles. The molecule has 0 aromatic rings. The van der Waals surface area contributed by atoms with Gasteiger partial charge in [0.1, 0.15) is 0 Å². The van der Waals surface area contributed by atoms with Gasteiger partial charge in [-0.2, -0.15) is 0 Å². The minimum Gasteiger partial charge on any atom is -0.0654 e. The Balaban J connectivity index is 3.21. The van der Waals surface area contributed by atoms with Gasteiger partial charge in [-0.25, -0.2) is 0 Å². The first-order valence-electron chi connectivity index (χ1n) is 8.01. The molecule has 0 aliphatic heterocycles. The van der Waals surface area contributed by atoms with Crippen molar-refractivity contribution >= 4 is 0 Å². The van der Waals surface area contributed by atoms with E-state index >= 15 is 0 Å². The Hall–Kier alpha value is 0. The predicted octanol–water partition coefficient (Wildman–Crippen LogP) is 6.40. The van der Waals surface area contributed by atoms with Crippen molar-refractivity contribution in [2.75, 3.05) is 0 Å². The predicted molar refractivity (Wildman–Crippen MR) is 80.1 cm³/mol. The zero-order valence-corrected chi connectivity index (χ0v) is 12.6. The molecule has 0 nitrogen and oxygen atoms in total. The number of hydrogen-bond acceptors (Lipinski definition) is 0. The van der Waals surface area contributed by atoms with Crippen LogP contribution in [0, 0.1) is 18.8 Å². The van der Waals surface area contributed by atoms with E-state index in [4.69, 9.17) is 0 Å². The van der Waals surface area contributed by atoms with E-state index in [0.29, 0.717) is 0 Å². The zero-order chi connectivity index (χ0) is 12.9. The summed E-state index contributed by atoms with van der Waals surface area (Å²) >= 11 is 0. The molecule has 0 aliphatic carbocycles. The average Bonchev–Trinajstić information content (AvgIpc) is 2.32. The van der Waals surface area contributed by atoms with Crippen LogP contribution in [-0.4, -0.2) is 0 Å². The van der Waals surface area contributed by atoms with Gasteiger partial charge in [-0.1, -0.05) is 98.3 Å². The van der Waals surface area contributed by atoms with Gasteiger partial charge in [-0.3, -0.25) is 0 Å². The fourth-order valence-electron chi connectivity index (χ4n) is 2.49. The topological polar surface area (TPSA) is 0 Å². The smallest absolute Gasteiger partial charge is 0.0417 e. The summed E-state index contributed by atoms with van der Waals surface area (Å²) in [5, 5.41) is 0. The van der Waals surface area contributed by atoms with E-state index in [1.54, 1.807) is 0 Å². The highest BCUT2D eigenvalue weighted by Crippen LogP contribution is 2.22. The van der Waals surface area contributed by atoms with Crippen molar-refractivity contribution < 1.29 is 0 Å². The summed E-state index contributed by atoms with van der Waals surface area (Å²) in [6.45, 7) is 11.0. The third-order valence-corrected chi connectivity index (χ3v) is 4.14. The van der Waals surface area contributed by atoms with E-state index in [-0.39, 0.29) is 0 Å². The molecule has 0 heteroatoms. The highest BCUT2D eigenvalue weighted by atomic mass is 14.2. The molecule has 2 atom stereocenters.